The average molecular weight is 289 g/mol. The van der Waals surface area contributed by atoms with Gasteiger partial charge in [0.2, 0.25) is 0 Å². The molecule has 0 saturated carbocycles. The summed E-state index contributed by atoms with van der Waals surface area (Å²) in [6.07, 6.45) is 5.84. The van der Waals surface area contributed by atoms with Crippen LogP contribution >= 0.6 is 0 Å². The van der Waals surface area contributed by atoms with Gasteiger partial charge in [-0.15, -0.1) is 0 Å². The minimum atomic E-state index is -0.245. The van der Waals surface area contributed by atoms with Gasteiger partial charge in [0.05, 0.1) is 13.0 Å². The molecule has 0 aliphatic rings. The maximum Gasteiger partial charge on any atom is 0.123 e. The number of nitrogens with one attached hydrogen (secondary N) is 1. The molecule has 0 spiro atoms. The topological polar surface area (TPSA) is 27.6 Å². The fourth-order valence-electron chi connectivity index (χ4n) is 1.71. The van der Waals surface area contributed by atoms with Gasteiger partial charge in [0.15, 0.2) is 0 Å². The minimum Gasteiger partial charge on any atom is -0.368 e. The second-order valence-corrected chi connectivity index (χ2v) is 4.78. The highest BCUT2D eigenvalue weighted by Gasteiger charge is 1.99. The molecule has 114 valence electrons. The molecule has 1 aromatic rings. The monoisotopic (exact) mass is 289 g/mol. The Labute approximate surface area is 126 Å². The Hall–Kier alpha value is -2.10. The van der Waals surface area contributed by atoms with Crippen molar-refractivity contribution in [2.24, 2.45) is 4.99 Å². The molecule has 1 rings (SSSR count). The van der Waals surface area contributed by atoms with E-state index in [-0.39, 0.29) is 5.82 Å². The van der Waals surface area contributed by atoms with E-state index in [1.165, 1.54) is 12.1 Å². The first-order valence-corrected chi connectivity index (χ1v) is 7.19. The SMILES string of the molecule is C=C(NCN(C)C=N/C(=C/CC)CC)c1ccc(F)cc1. The van der Waals surface area contributed by atoms with Gasteiger partial charge < -0.3 is 10.2 Å². The lowest BCUT2D eigenvalue weighted by Gasteiger charge is -2.17. The third-order valence-electron chi connectivity index (χ3n) is 2.96. The van der Waals surface area contributed by atoms with Gasteiger partial charge in [-0.05, 0) is 30.5 Å². The molecule has 0 unspecified atom stereocenters. The Kier molecular flexibility index (Phi) is 7.23. The molecule has 21 heavy (non-hydrogen) atoms. The second kappa shape index (κ2) is 8.95. The Morgan fingerprint density at radius 2 is 2.00 bits per heavy atom. The van der Waals surface area contributed by atoms with Crippen LogP contribution in [0.2, 0.25) is 0 Å². The molecule has 1 N–H and O–H groups in total. The molecule has 0 saturated heterocycles. The zero-order chi connectivity index (χ0) is 15.7. The van der Waals surface area contributed by atoms with Gasteiger partial charge in [-0.1, -0.05) is 38.6 Å². The predicted molar refractivity (Wildman–Crippen MR) is 88.4 cm³/mol. The molecule has 0 fully saturated rings. The van der Waals surface area contributed by atoms with Crippen LogP contribution < -0.4 is 5.32 Å². The van der Waals surface area contributed by atoms with E-state index in [4.69, 9.17) is 0 Å². The summed E-state index contributed by atoms with van der Waals surface area (Å²) in [5.74, 6) is -0.245. The van der Waals surface area contributed by atoms with Crippen molar-refractivity contribution < 1.29 is 4.39 Å². The molecule has 0 heterocycles. The number of hydrogen-bond acceptors (Lipinski definition) is 2. The van der Waals surface area contributed by atoms with Crippen LogP contribution in [0.15, 0.2) is 47.6 Å². The maximum absolute atomic E-state index is 12.9. The smallest absolute Gasteiger partial charge is 0.123 e. The summed E-state index contributed by atoms with van der Waals surface area (Å²) in [5.41, 5.74) is 2.72. The molecular weight excluding hydrogens is 265 g/mol. The lowest BCUT2D eigenvalue weighted by Crippen LogP contribution is -2.28. The number of allylic oxidation sites excluding steroid dienone is 2. The van der Waals surface area contributed by atoms with Crippen LogP contribution in [0.1, 0.15) is 32.3 Å². The number of halogens is 1. The molecule has 0 aromatic heterocycles. The van der Waals surface area contributed by atoms with E-state index in [0.29, 0.717) is 6.67 Å². The molecule has 0 atom stereocenters. The van der Waals surface area contributed by atoms with Crippen molar-refractivity contribution in [2.45, 2.75) is 26.7 Å². The zero-order valence-electron chi connectivity index (χ0n) is 13.1. The van der Waals surface area contributed by atoms with Crippen LogP contribution in [-0.2, 0) is 0 Å². The molecular formula is C17H24FN3. The van der Waals surface area contributed by atoms with Gasteiger partial charge >= 0.3 is 0 Å². The molecule has 0 amide bonds. The van der Waals surface area contributed by atoms with Gasteiger partial charge in [-0.25, -0.2) is 9.38 Å². The van der Waals surface area contributed by atoms with Crippen molar-refractivity contribution in [3.05, 3.63) is 54.0 Å². The molecule has 3 nitrogen and oxygen atoms in total. The molecule has 0 aliphatic heterocycles. The third kappa shape index (κ3) is 6.25. The van der Waals surface area contributed by atoms with Gasteiger partial charge in [0, 0.05) is 18.4 Å². The number of nitrogens with zero attached hydrogens (tertiary/aromatic N) is 2. The largest absolute Gasteiger partial charge is 0.368 e. The lowest BCUT2D eigenvalue weighted by molar-refractivity contribution is 0.499. The van der Waals surface area contributed by atoms with Gasteiger partial charge in [-0.3, -0.25) is 0 Å². The Morgan fingerprint density at radius 3 is 2.57 bits per heavy atom. The Morgan fingerprint density at radius 1 is 1.33 bits per heavy atom. The number of rotatable bonds is 8. The number of hydrogen-bond donors (Lipinski definition) is 1. The molecule has 0 radical (unpaired) electrons. The maximum atomic E-state index is 12.9. The number of aliphatic imine (C=N–C) groups is 1. The Bertz CT molecular complexity index is 503. The fraction of sp³-hybridized carbons (Fsp3) is 0.353. The number of benzene rings is 1. The standard InChI is InChI=1S/C17H24FN3/c1-5-7-17(6-2)20-13-21(4)12-19-14(3)15-8-10-16(18)11-9-15/h7-11,13,19H,3,5-6,12H2,1-2,4H3/b17-7+,20-13?. The summed E-state index contributed by atoms with van der Waals surface area (Å²) in [4.78, 5) is 6.38. The summed E-state index contributed by atoms with van der Waals surface area (Å²) in [6.45, 7) is 8.73. The van der Waals surface area contributed by atoms with Crippen molar-refractivity contribution in [2.75, 3.05) is 13.7 Å². The highest BCUT2D eigenvalue weighted by atomic mass is 19.1. The van der Waals surface area contributed by atoms with Gasteiger partial charge in [-0.2, -0.15) is 0 Å². The summed E-state index contributed by atoms with van der Waals surface area (Å²) in [5, 5.41) is 3.19. The molecule has 1 aromatic carbocycles. The van der Waals surface area contributed by atoms with E-state index in [1.54, 1.807) is 18.5 Å². The van der Waals surface area contributed by atoms with E-state index in [2.05, 4.69) is 36.8 Å². The van der Waals surface area contributed by atoms with Crippen molar-refractivity contribution in [3.8, 4) is 0 Å². The quantitative estimate of drug-likeness (QED) is 0.445. The van der Waals surface area contributed by atoms with Gasteiger partial charge in [0.25, 0.3) is 0 Å². The van der Waals surface area contributed by atoms with E-state index in [9.17, 15) is 4.39 Å². The third-order valence-corrected chi connectivity index (χ3v) is 2.96. The summed E-state index contributed by atoms with van der Waals surface area (Å²) in [7, 11) is 1.94. The van der Waals surface area contributed by atoms with Crippen molar-refractivity contribution in [1.29, 1.82) is 0 Å². The van der Waals surface area contributed by atoms with E-state index < -0.39 is 0 Å². The molecule has 0 bridgehead atoms. The van der Waals surface area contributed by atoms with Crippen LogP contribution in [0.5, 0.6) is 0 Å². The summed E-state index contributed by atoms with van der Waals surface area (Å²) >= 11 is 0. The Balaban J connectivity index is 2.47. The van der Waals surface area contributed by atoms with Crippen LogP contribution in [0.3, 0.4) is 0 Å². The summed E-state index contributed by atoms with van der Waals surface area (Å²) in [6, 6.07) is 6.27. The van der Waals surface area contributed by atoms with E-state index in [1.807, 2.05) is 11.9 Å². The van der Waals surface area contributed by atoms with Crippen LogP contribution in [0.4, 0.5) is 4.39 Å². The highest BCUT2D eigenvalue weighted by Crippen LogP contribution is 2.10. The molecule has 4 heteroatoms. The first-order valence-electron chi connectivity index (χ1n) is 7.19. The van der Waals surface area contributed by atoms with Crippen molar-refractivity contribution in [3.63, 3.8) is 0 Å². The second-order valence-electron chi connectivity index (χ2n) is 4.78. The molecule has 0 aliphatic carbocycles. The first-order chi connectivity index (χ1) is 10.1. The lowest BCUT2D eigenvalue weighted by atomic mass is 10.2. The van der Waals surface area contributed by atoms with Gasteiger partial charge in [0.1, 0.15) is 5.82 Å². The highest BCUT2D eigenvalue weighted by molar-refractivity contribution is 5.62. The summed E-state index contributed by atoms with van der Waals surface area (Å²) < 4.78 is 12.9. The van der Waals surface area contributed by atoms with Crippen molar-refractivity contribution >= 4 is 12.0 Å². The average Bonchev–Trinajstić information content (AvgIpc) is 2.49. The van der Waals surface area contributed by atoms with Crippen LogP contribution in [0, 0.1) is 5.82 Å². The van der Waals surface area contributed by atoms with Crippen LogP contribution in [0.25, 0.3) is 5.70 Å². The predicted octanol–water partition coefficient (Wildman–Crippen LogP) is 4.01. The fourth-order valence-corrected chi connectivity index (χ4v) is 1.71. The van der Waals surface area contributed by atoms with Crippen LogP contribution in [-0.4, -0.2) is 25.0 Å². The normalized spacial score (nSPS) is 11.7. The van der Waals surface area contributed by atoms with E-state index in [0.717, 1.165) is 29.8 Å². The minimum absolute atomic E-state index is 0.245. The van der Waals surface area contributed by atoms with E-state index >= 15 is 0 Å². The zero-order valence-corrected chi connectivity index (χ0v) is 13.1. The first kappa shape index (κ1) is 17.0. The van der Waals surface area contributed by atoms with Crippen molar-refractivity contribution in [1.82, 2.24) is 10.2 Å².